The second-order valence-corrected chi connectivity index (χ2v) is 8.36. The first kappa shape index (κ1) is 20.5. The highest BCUT2D eigenvalue weighted by Crippen LogP contribution is 2.49. The molecule has 164 valence electrons. The van der Waals surface area contributed by atoms with Crippen LogP contribution in [0, 0.1) is 0 Å². The van der Waals surface area contributed by atoms with Crippen LogP contribution >= 0.6 is 0 Å². The van der Waals surface area contributed by atoms with Crippen molar-refractivity contribution in [3.8, 4) is 11.5 Å². The number of methoxy groups -OCH3 is 1. The average Bonchev–Trinajstić information content (AvgIpc) is 3.10. The lowest BCUT2D eigenvalue weighted by Gasteiger charge is -2.38. The van der Waals surface area contributed by atoms with E-state index in [0.29, 0.717) is 18.1 Å². The fourth-order valence-corrected chi connectivity index (χ4v) is 4.67. The fraction of sp³-hybridized carbons (Fsp3) is 0.320. The number of amides is 1. The predicted molar refractivity (Wildman–Crippen MR) is 121 cm³/mol. The van der Waals surface area contributed by atoms with Crippen molar-refractivity contribution in [3.63, 3.8) is 0 Å². The van der Waals surface area contributed by atoms with Gasteiger partial charge in [-0.25, -0.2) is 0 Å². The van der Waals surface area contributed by atoms with Gasteiger partial charge in [0.15, 0.2) is 11.5 Å². The Hall–Kier alpha value is -3.45. The van der Waals surface area contributed by atoms with Crippen molar-refractivity contribution in [2.75, 3.05) is 25.5 Å². The van der Waals surface area contributed by atoms with E-state index in [1.165, 1.54) is 5.56 Å². The minimum Gasteiger partial charge on any atom is -0.493 e. The molecule has 5 rings (SSSR count). The van der Waals surface area contributed by atoms with Crippen LogP contribution in [-0.2, 0) is 23.4 Å². The zero-order valence-electron chi connectivity index (χ0n) is 18.1. The van der Waals surface area contributed by atoms with Gasteiger partial charge >= 0.3 is 0 Å². The highest BCUT2D eigenvalue weighted by molar-refractivity contribution is 6.06. The maximum Gasteiger partial charge on any atom is 0.235 e. The number of aromatic nitrogens is 2. The third kappa shape index (κ3) is 3.80. The largest absolute Gasteiger partial charge is 0.493 e. The molecular formula is C25H26N4O3. The number of nitrogens with one attached hydrogen (secondary N) is 1. The van der Waals surface area contributed by atoms with E-state index in [1.54, 1.807) is 19.5 Å². The summed E-state index contributed by atoms with van der Waals surface area (Å²) in [6, 6.07) is 11.8. The van der Waals surface area contributed by atoms with Gasteiger partial charge in [0.25, 0.3) is 0 Å². The van der Waals surface area contributed by atoms with Crippen LogP contribution in [-0.4, -0.2) is 41.0 Å². The summed E-state index contributed by atoms with van der Waals surface area (Å²) in [4.78, 5) is 23.7. The number of benzene rings is 1. The Balaban J connectivity index is 1.34. The average molecular weight is 431 g/mol. The van der Waals surface area contributed by atoms with Gasteiger partial charge in [0.1, 0.15) is 6.61 Å². The summed E-state index contributed by atoms with van der Waals surface area (Å²) in [5.74, 6) is 1.34. The summed E-state index contributed by atoms with van der Waals surface area (Å²) < 4.78 is 11.7. The van der Waals surface area contributed by atoms with Crippen molar-refractivity contribution in [1.82, 2.24) is 14.9 Å². The van der Waals surface area contributed by atoms with Crippen molar-refractivity contribution in [1.29, 1.82) is 0 Å². The van der Waals surface area contributed by atoms with E-state index in [1.807, 2.05) is 48.8 Å². The van der Waals surface area contributed by atoms with Crippen LogP contribution in [0.4, 0.5) is 5.69 Å². The molecule has 0 bridgehead atoms. The van der Waals surface area contributed by atoms with Gasteiger partial charge in [-0.1, -0.05) is 0 Å². The van der Waals surface area contributed by atoms with E-state index in [2.05, 4.69) is 20.2 Å². The molecule has 0 radical (unpaired) electrons. The molecule has 1 N–H and O–H groups in total. The number of carbonyl (C=O) groups is 1. The molecule has 2 aromatic heterocycles. The number of piperidine rings is 1. The van der Waals surface area contributed by atoms with Gasteiger partial charge in [-0.05, 0) is 73.0 Å². The zero-order valence-corrected chi connectivity index (χ0v) is 18.1. The first-order valence-corrected chi connectivity index (χ1v) is 10.8. The third-order valence-electron chi connectivity index (χ3n) is 6.51. The van der Waals surface area contributed by atoms with Crippen LogP contribution in [0.1, 0.15) is 29.5 Å². The Morgan fingerprint density at radius 3 is 2.28 bits per heavy atom. The maximum atomic E-state index is 13.1. The quantitative estimate of drug-likeness (QED) is 0.645. The molecule has 1 spiro atoms. The summed E-state index contributed by atoms with van der Waals surface area (Å²) in [5, 5.41) is 3.10. The Labute approximate surface area is 187 Å². The van der Waals surface area contributed by atoms with Gasteiger partial charge in [0.05, 0.1) is 12.5 Å². The number of rotatable bonds is 6. The molecule has 0 atom stereocenters. The Kier molecular flexibility index (Phi) is 5.49. The molecule has 1 aromatic carbocycles. The van der Waals surface area contributed by atoms with E-state index in [0.717, 1.165) is 49.3 Å². The lowest BCUT2D eigenvalue weighted by atomic mass is 9.73. The Morgan fingerprint density at radius 2 is 1.62 bits per heavy atom. The number of hydrogen-bond acceptors (Lipinski definition) is 6. The minimum atomic E-state index is -0.513. The highest BCUT2D eigenvalue weighted by atomic mass is 16.5. The molecule has 2 aliphatic rings. The van der Waals surface area contributed by atoms with E-state index in [9.17, 15) is 4.79 Å². The minimum absolute atomic E-state index is 0.0735. The number of anilines is 1. The van der Waals surface area contributed by atoms with Crippen LogP contribution in [0.3, 0.4) is 0 Å². The van der Waals surface area contributed by atoms with Crippen LogP contribution < -0.4 is 14.8 Å². The van der Waals surface area contributed by atoms with E-state index < -0.39 is 5.41 Å². The molecule has 7 nitrogen and oxygen atoms in total. The number of carbonyl (C=O) groups excluding carboxylic acids is 1. The number of nitrogens with zero attached hydrogens (tertiary/aromatic N) is 3. The van der Waals surface area contributed by atoms with Gasteiger partial charge in [0, 0.05) is 43.1 Å². The Morgan fingerprint density at radius 1 is 0.969 bits per heavy atom. The standard InChI is InChI=1S/C25H26N4O3/c1-31-22-14-20-21(15-23(22)32-17-19-4-10-27-11-5-19)28-24(30)25(20)6-12-29(13-7-25)16-18-2-8-26-9-3-18/h2-5,8-11,14-15H,6-7,12-13,16-17H2,1H3,(H,28,30). The smallest absolute Gasteiger partial charge is 0.235 e. The summed E-state index contributed by atoms with van der Waals surface area (Å²) in [6.45, 7) is 2.99. The lowest BCUT2D eigenvalue weighted by Crippen LogP contribution is -2.46. The molecular weight excluding hydrogens is 404 g/mol. The summed E-state index contributed by atoms with van der Waals surface area (Å²) in [6.07, 6.45) is 8.67. The van der Waals surface area contributed by atoms with Gasteiger partial charge in [0.2, 0.25) is 5.91 Å². The maximum absolute atomic E-state index is 13.1. The van der Waals surface area contributed by atoms with Crippen LogP contribution in [0.25, 0.3) is 0 Å². The fourth-order valence-electron chi connectivity index (χ4n) is 4.67. The predicted octanol–water partition coefficient (Wildman–Crippen LogP) is 3.55. The van der Waals surface area contributed by atoms with Crippen molar-refractivity contribution < 1.29 is 14.3 Å². The van der Waals surface area contributed by atoms with Gasteiger partial charge in [-0.3, -0.25) is 19.7 Å². The number of ether oxygens (including phenoxy) is 2. The number of fused-ring (bicyclic) bond motifs is 2. The third-order valence-corrected chi connectivity index (χ3v) is 6.51. The lowest BCUT2D eigenvalue weighted by molar-refractivity contribution is -0.122. The van der Waals surface area contributed by atoms with Crippen molar-refractivity contribution in [3.05, 3.63) is 77.9 Å². The van der Waals surface area contributed by atoms with Crippen molar-refractivity contribution in [2.45, 2.75) is 31.4 Å². The Bertz CT molecular complexity index is 1100. The summed E-state index contributed by atoms with van der Waals surface area (Å²) in [7, 11) is 1.63. The molecule has 1 amide bonds. The van der Waals surface area contributed by atoms with E-state index in [-0.39, 0.29) is 5.91 Å². The summed E-state index contributed by atoms with van der Waals surface area (Å²) >= 11 is 0. The molecule has 0 saturated carbocycles. The normalized spacial score (nSPS) is 17.1. The van der Waals surface area contributed by atoms with Crippen LogP contribution in [0.5, 0.6) is 11.5 Å². The SMILES string of the molecule is COc1cc2c(cc1OCc1ccncc1)NC(=O)C21CCN(Cc2ccncc2)CC1. The molecule has 7 heteroatoms. The van der Waals surface area contributed by atoms with Crippen LogP contribution in [0.2, 0.25) is 0 Å². The topological polar surface area (TPSA) is 76.6 Å². The second kappa shape index (κ2) is 8.59. The highest BCUT2D eigenvalue weighted by Gasteiger charge is 2.49. The monoisotopic (exact) mass is 430 g/mol. The molecule has 32 heavy (non-hydrogen) atoms. The van der Waals surface area contributed by atoms with Gasteiger partial charge in [-0.15, -0.1) is 0 Å². The number of hydrogen-bond donors (Lipinski definition) is 1. The van der Waals surface area contributed by atoms with E-state index in [4.69, 9.17) is 9.47 Å². The van der Waals surface area contributed by atoms with Gasteiger partial charge in [-0.2, -0.15) is 0 Å². The van der Waals surface area contributed by atoms with Crippen molar-refractivity contribution >= 4 is 11.6 Å². The van der Waals surface area contributed by atoms with Crippen molar-refractivity contribution in [2.24, 2.45) is 0 Å². The number of pyridine rings is 2. The first-order valence-electron chi connectivity index (χ1n) is 10.8. The molecule has 4 heterocycles. The molecule has 2 aliphatic heterocycles. The zero-order chi connectivity index (χ0) is 22.0. The second-order valence-electron chi connectivity index (χ2n) is 8.36. The van der Waals surface area contributed by atoms with E-state index >= 15 is 0 Å². The summed E-state index contributed by atoms with van der Waals surface area (Å²) in [5.41, 5.74) is 3.58. The van der Waals surface area contributed by atoms with Gasteiger partial charge < -0.3 is 14.8 Å². The molecule has 0 aliphatic carbocycles. The molecule has 0 unspecified atom stereocenters. The molecule has 1 saturated heterocycles. The number of likely N-dealkylation sites (tertiary alicyclic amines) is 1. The first-order chi connectivity index (χ1) is 15.7. The molecule has 1 fully saturated rings. The molecule has 3 aromatic rings. The van der Waals surface area contributed by atoms with Crippen LogP contribution in [0.15, 0.2) is 61.2 Å².